The van der Waals surface area contributed by atoms with E-state index in [2.05, 4.69) is 20.9 Å². The molecule has 2 aromatic carbocycles. The van der Waals surface area contributed by atoms with Gasteiger partial charge >= 0.3 is 5.97 Å². The highest BCUT2D eigenvalue weighted by molar-refractivity contribution is 5.95. The van der Waals surface area contributed by atoms with Crippen LogP contribution in [-0.4, -0.2) is 69.7 Å². The number of fused-ring (bicyclic) bond motifs is 1. The van der Waals surface area contributed by atoms with E-state index in [1.807, 2.05) is 30.3 Å². The van der Waals surface area contributed by atoms with Crippen molar-refractivity contribution < 1.29 is 29.4 Å². The molecule has 8 N–H and O–H groups in total. The third kappa shape index (κ3) is 7.38. The van der Waals surface area contributed by atoms with Crippen LogP contribution in [0.4, 0.5) is 0 Å². The largest absolute Gasteiger partial charge is 0.480 e. The molecular formula is C26H31N5O6. The molecule has 1 heterocycles. The first-order valence-electron chi connectivity index (χ1n) is 11.8. The van der Waals surface area contributed by atoms with Crippen molar-refractivity contribution in [1.29, 1.82) is 0 Å². The van der Waals surface area contributed by atoms with Crippen molar-refractivity contribution in [3.05, 3.63) is 71.9 Å². The van der Waals surface area contributed by atoms with Crippen LogP contribution >= 0.6 is 0 Å². The second kappa shape index (κ2) is 12.7. The number of hydrogen-bond acceptors (Lipinski definition) is 6. The highest BCUT2D eigenvalue weighted by Gasteiger charge is 2.30. The molecule has 0 saturated carbocycles. The van der Waals surface area contributed by atoms with E-state index in [1.165, 1.54) is 6.92 Å². The third-order valence-electron chi connectivity index (χ3n) is 5.91. The zero-order chi connectivity index (χ0) is 26.9. The Kier molecular flexibility index (Phi) is 9.36. The first-order chi connectivity index (χ1) is 17.7. The summed E-state index contributed by atoms with van der Waals surface area (Å²) in [7, 11) is 0. The summed E-state index contributed by atoms with van der Waals surface area (Å²) in [6, 6.07) is 11.7. The lowest BCUT2D eigenvalue weighted by atomic mass is 10.0. The number of carbonyl (C=O) groups excluding carboxylic acids is 3. The molecule has 37 heavy (non-hydrogen) atoms. The van der Waals surface area contributed by atoms with E-state index in [4.69, 9.17) is 5.73 Å². The summed E-state index contributed by atoms with van der Waals surface area (Å²) in [4.78, 5) is 53.3. The van der Waals surface area contributed by atoms with E-state index in [0.29, 0.717) is 0 Å². The van der Waals surface area contributed by atoms with Gasteiger partial charge in [0, 0.05) is 29.9 Å². The van der Waals surface area contributed by atoms with Crippen molar-refractivity contribution in [2.45, 2.75) is 43.9 Å². The molecule has 11 heteroatoms. The van der Waals surface area contributed by atoms with Gasteiger partial charge in [-0.25, -0.2) is 0 Å². The summed E-state index contributed by atoms with van der Waals surface area (Å²) in [6.07, 6.45) is 1.89. The molecular weight excluding hydrogens is 478 g/mol. The van der Waals surface area contributed by atoms with Gasteiger partial charge in [0.1, 0.15) is 24.2 Å². The maximum Gasteiger partial charge on any atom is 0.325 e. The smallest absolute Gasteiger partial charge is 0.325 e. The monoisotopic (exact) mass is 509 g/mol. The fourth-order valence-electron chi connectivity index (χ4n) is 3.80. The maximum atomic E-state index is 13.4. The molecule has 0 fully saturated rings. The van der Waals surface area contributed by atoms with Crippen molar-refractivity contribution in [3.8, 4) is 0 Å². The number of carbonyl (C=O) groups is 4. The van der Waals surface area contributed by atoms with Crippen molar-refractivity contribution in [2.24, 2.45) is 5.73 Å². The van der Waals surface area contributed by atoms with Crippen molar-refractivity contribution in [1.82, 2.24) is 20.9 Å². The highest BCUT2D eigenvalue weighted by Crippen LogP contribution is 2.19. The molecule has 3 rings (SSSR count). The maximum absolute atomic E-state index is 13.4. The Bertz CT molecular complexity index is 1240. The lowest BCUT2D eigenvalue weighted by Gasteiger charge is -2.24. The summed E-state index contributed by atoms with van der Waals surface area (Å²) in [6.45, 7) is 0.712. The molecule has 0 aliphatic heterocycles. The molecule has 0 saturated heterocycles. The first kappa shape index (κ1) is 27.4. The predicted octanol–water partition coefficient (Wildman–Crippen LogP) is -0.168. The Morgan fingerprint density at radius 3 is 2.14 bits per heavy atom. The number of aromatic nitrogens is 1. The van der Waals surface area contributed by atoms with Crippen LogP contribution in [0.25, 0.3) is 10.9 Å². The van der Waals surface area contributed by atoms with Gasteiger partial charge in [-0.15, -0.1) is 0 Å². The van der Waals surface area contributed by atoms with E-state index in [-0.39, 0.29) is 12.8 Å². The van der Waals surface area contributed by atoms with Crippen LogP contribution in [-0.2, 0) is 32.0 Å². The number of para-hydroxylation sites is 1. The van der Waals surface area contributed by atoms with Gasteiger partial charge in [-0.2, -0.15) is 0 Å². The number of aromatic amines is 1. The number of aliphatic hydroxyl groups excluding tert-OH is 1. The SMILES string of the molecule is CC(NC(=O)C(Cc1c[nH]c2ccccc12)NC(=O)C(Cc1ccccc1)NC(=O)C(N)CO)C(=O)O. The van der Waals surface area contributed by atoms with E-state index >= 15 is 0 Å². The molecule has 0 aliphatic rings. The van der Waals surface area contributed by atoms with Gasteiger partial charge in [-0.05, 0) is 24.1 Å². The number of carboxylic acid groups (broad SMARTS) is 1. The standard InChI is InChI=1S/C26H31N5O6/c1-15(26(36)37)29-24(34)22(12-17-13-28-20-10-6-5-9-18(17)20)31-25(35)21(30-23(33)19(27)14-32)11-16-7-3-2-4-8-16/h2-10,13,15,19,21-22,28,32H,11-12,14,27H2,1H3,(H,29,34)(H,30,33)(H,31,35)(H,36,37). The summed E-state index contributed by atoms with van der Waals surface area (Å²) in [5.74, 6) is -3.30. The molecule has 0 spiro atoms. The Balaban J connectivity index is 1.87. The lowest BCUT2D eigenvalue weighted by Crippen LogP contribution is -2.58. The van der Waals surface area contributed by atoms with Gasteiger partial charge < -0.3 is 36.9 Å². The van der Waals surface area contributed by atoms with Gasteiger partial charge in [0.2, 0.25) is 17.7 Å². The first-order valence-corrected chi connectivity index (χ1v) is 11.8. The molecule has 0 radical (unpaired) electrons. The molecule has 11 nitrogen and oxygen atoms in total. The quantitative estimate of drug-likeness (QED) is 0.177. The van der Waals surface area contributed by atoms with Gasteiger partial charge in [0.25, 0.3) is 0 Å². The molecule has 1 aromatic heterocycles. The predicted molar refractivity (Wildman–Crippen MR) is 136 cm³/mol. The number of amides is 3. The fourth-order valence-corrected chi connectivity index (χ4v) is 3.80. The van der Waals surface area contributed by atoms with Crippen LogP contribution in [0.2, 0.25) is 0 Å². The summed E-state index contributed by atoms with van der Waals surface area (Å²) < 4.78 is 0. The summed E-state index contributed by atoms with van der Waals surface area (Å²) in [5.41, 5.74) is 7.95. The second-order valence-corrected chi connectivity index (χ2v) is 8.73. The zero-order valence-corrected chi connectivity index (χ0v) is 20.3. The molecule has 4 atom stereocenters. The number of nitrogens with one attached hydrogen (secondary N) is 4. The fraction of sp³-hybridized carbons (Fsp3) is 0.308. The van der Waals surface area contributed by atoms with Gasteiger partial charge in [0.15, 0.2) is 0 Å². The van der Waals surface area contributed by atoms with E-state index in [0.717, 1.165) is 22.0 Å². The van der Waals surface area contributed by atoms with E-state index in [9.17, 15) is 29.4 Å². The number of H-pyrrole nitrogens is 1. The Morgan fingerprint density at radius 1 is 0.865 bits per heavy atom. The third-order valence-corrected chi connectivity index (χ3v) is 5.91. The Hall–Kier alpha value is -4.22. The van der Waals surface area contributed by atoms with E-state index in [1.54, 1.807) is 30.5 Å². The average Bonchev–Trinajstić information content (AvgIpc) is 3.30. The van der Waals surface area contributed by atoms with Crippen LogP contribution in [0, 0.1) is 0 Å². The minimum atomic E-state index is -1.23. The molecule has 196 valence electrons. The van der Waals surface area contributed by atoms with Crippen molar-refractivity contribution in [3.63, 3.8) is 0 Å². The average molecular weight is 510 g/mol. The number of benzene rings is 2. The van der Waals surface area contributed by atoms with Crippen LogP contribution < -0.4 is 21.7 Å². The topological polar surface area (TPSA) is 187 Å². The second-order valence-electron chi connectivity index (χ2n) is 8.73. The van der Waals surface area contributed by atoms with Crippen LogP contribution in [0.5, 0.6) is 0 Å². The molecule has 4 unspecified atom stereocenters. The molecule has 3 aromatic rings. The minimum absolute atomic E-state index is 0.0656. The van der Waals surface area contributed by atoms with Crippen LogP contribution in [0.1, 0.15) is 18.1 Å². The number of aliphatic carboxylic acids is 1. The summed E-state index contributed by atoms with van der Waals surface area (Å²) >= 11 is 0. The minimum Gasteiger partial charge on any atom is -0.480 e. The van der Waals surface area contributed by atoms with Crippen LogP contribution in [0.3, 0.4) is 0 Å². The number of rotatable bonds is 12. The number of hydrogen-bond donors (Lipinski definition) is 7. The van der Waals surface area contributed by atoms with E-state index < -0.39 is 54.5 Å². The lowest BCUT2D eigenvalue weighted by molar-refractivity contribution is -0.141. The number of aliphatic hydroxyl groups is 1. The number of carboxylic acids is 1. The molecule has 0 bridgehead atoms. The normalized spacial score (nSPS) is 14.2. The van der Waals surface area contributed by atoms with Crippen molar-refractivity contribution in [2.75, 3.05) is 6.61 Å². The van der Waals surface area contributed by atoms with Crippen molar-refractivity contribution >= 4 is 34.6 Å². The molecule has 3 amide bonds. The van der Waals surface area contributed by atoms with Gasteiger partial charge in [-0.3, -0.25) is 19.2 Å². The zero-order valence-electron chi connectivity index (χ0n) is 20.3. The Labute approximate surface area is 213 Å². The van der Waals surface area contributed by atoms with Crippen LogP contribution in [0.15, 0.2) is 60.8 Å². The number of nitrogens with two attached hydrogens (primary N) is 1. The van der Waals surface area contributed by atoms with Gasteiger partial charge in [0.05, 0.1) is 6.61 Å². The van der Waals surface area contributed by atoms with Gasteiger partial charge in [-0.1, -0.05) is 48.5 Å². The molecule has 0 aliphatic carbocycles. The highest BCUT2D eigenvalue weighted by atomic mass is 16.4. The Morgan fingerprint density at radius 2 is 1.46 bits per heavy atom. The summed E-state index contributed by atoms with van der Waals surface area (Å²) in [5, 5.41) is 26.9.